The third kappa shape index (κ3) is 8.03. The number of hydrogen-bond acceptors (Lipinski definition) is 5. The molecule has 1 atom stereocenters. The van der Waals surface area contributed by atoms with Crippen LogP contribution in [0.5, 0.6) is 0 Å². The predicted octanol–water partition coefficient (Wildman–Crippen LogP) is 5.36. The van der Waals surface area contributed by atoms with Crippen molar-refractivity contribution in [3.05, 3.63) is 65.3 Å². The molecule has 2 aromatic rings. The summed E-state index contributed by atoms with van der Waals surface area (Å²) in [5.74, 6) is 0.700. The van der Waals surface area contributed by atoms with Crippen LogP contribution in [0, 0.1) is 5.92 Å². The van der Waals surface area contributed by atoms with Crippen LogP contribution in [0.2, 0.25) is 0 Å². The average molecular weight is 524 g/mol. The molecule has 0 amide bonds. The van der Waals surface area contributed by atoms with Crippen LogP contribution in [-0.2, 0) is 18.9 Å². The molecule has 0 spiro atoms. The van der Waals surface area contributed by atoms with Crippen molar-refractivity contribution in [2.24, 2.45) is 18.7 Å². The zero-order valence-electron chi connectivity index (χ0n) is 24.0. The first-order valence-electron chi connectivity index (χ1n) is 13.4. The second-order valence-corrected chi connectivity index (χ2v) is 11.6. The molecule has 1 aromatic heterocycles. The minimum Gasteiger partial charge on any atom is -0.405 e. The maximum atomic E-state index is 4.61. The summed E-state index contributed by atoms with van der Waals surface area (Å²) in [6.07, 6.45) is 9.10. The molecule has 1 unspecified atom stereocenters. The molecule has 1 saturated heterocycles. The highest BCUT2D eigenvalue weighted by Crippen LogP contribution is 2.36. The third-order valence-electron chi connectivity index (χ3n) is 7.07. The van der Waals surface area contributed by atoms with E-state index in [4.69, 9.17) is 0 Å². The van der Waals surface area contributed by atoms with Crippen molar-refractivity contribution < 1.29 is 0 Å². The summed E-state index contributed by atoms with van der Waals surface area (Å²) in [7, 11) is 4.13. The molecule has 3 rings (SSSR count). The summed E-state index contributed by atoms with van der Waals surface area (Å²) in [6, 6.07) is 6.96. The Hall–Kier alpha value is -2.41. The van der Waals surface area contributed by atoms with E-state index in [1.807, 2.05) is 7.05 Å². The topological polar surface area (TPSA) is 67.0 Å². The molecule has 5 N–H and O–H groups in total. The van der Waals surface area contributed by atoms with Crippen molar-refractivity contribution in [2.45, 2.75) is 65.2 Å². The van der Waals surface area contributed by atoms with Gasteiger partial charge in [0.15, 0.2) is 0 Å². The quantitative estimate of drug-likeness (QED) is 0.351. The number of nitrogens with one attached hydrogen (secondary N) is 3. The maximum Gasteiger partial charge on any atom is 0.0509 e. The van der Waals surface area contributed by atoms with Crippen LogP contribution in [0.1, 0.15) is 64.5 Å². The van der Waals surface area contributed by atoms with Crippen LogP contribution in [-0.4, -0.2) is 24.7 Å². The molecular weight excluding hydrogens is 474 g/mol. The van der Waals surface area contributed by atoms with E-state index in [9.17, 15) is 0 Å². The standard InChI is InChI=1S/C29H44N4S.C2H5N/c1-9-22(17-21-12-11-14-31-15-13-21)28-20(3)16-27(33(28)8)25-18-23(29(4,5)6)19-26(24(25)10-2)32-34-30-7;1-2-3/h9,16,18-19,21,30-32H,1,3,10-15,17H2,2,4-8H3;2H,1,3H2/b28-22-;. The van der Waals surface area contributed by atoms with Crippen LogP contribution in [0.4, 0.5) is 5.69 Å². The molecule has 0 radical (unpaired) electrons. The van der Waals surface area contributed by atoms with Crippen LogP contribution < -0.4 is 31.1 Å². The zero-order chi connectivity index (χ0) is 27.6. The lowest BCUT2D eigenvalue weighted by Gasteiger charge is -2.24. The first kappa shape index (κ1) is 30.8. The molecular formula is C31H49N5S. The number of nitrogens with two attached hydrogens (primary N) is 1. The maximum absolute atomic E-state index is 4.61. The Bertz CT molecular complexity index is 1150. The van der Waals surface area contributed by atoms with Gasteiger partial charge in [0.25, 0.3) is 0 Å². The lowest BCUT2D eigenvalue weighted by molar-refractivity contribution is 0.483. The highest BCUT2D eigenvalue weighted by molar-refractivity contribution is 7.98. The monoisotopic (exact) mass is 523 g/mol. The number of hydrogen-bond donors (Lipinski definition) is 4. The van der Waals surface area contributed by atoms with Crippen LogP contribution in [0.3, 0.4) is 0 Å². The van der Waals surface area contributed by atoms with Crippen molar-refractivity contribution in [2.75, 3.05) is 24.9 Å². The van der Waals surface area contributed by atoms with Crippen molar-refractivity contribution in [3.63, 3.8) is 0 Å². The van der Waals surface area contributed by atoms with Crippen molar-refractivity contribution in [1.29, 1.82) is 0 Å². The van der Waals surface area contributed by atoms with Gasteiger partial charge in [0, 0.05) is 36.1 Å². The Labute approximate surface area is 229 Å². The van der Waals surface area contributed by atoms with Gasteiger partial charge in [0.2, 0.25) is 0 Å². The van der Waals surface area contributed by atoms with E-state index in [-0.39, 0.29) is 5.41 Å². The van der Waals surface area contributed by atoms with E-state index < -0.39 is 0 Å². The first-order valence-corrected chi connectivity index (χ1v) is 14.2. The van der Waals surface area contributed by atoms with Gasteiger partial charge in [-0.15, -0.1) is 0 Å². The molecule has 0 bridgehead atoms. The van der Waals surface area contributed by atoms with Crippen molar-refractivity contribution >= 4 is 30.0 Å². The van der Waals surface area contributed by atoms with Crippen molar-refractivity contribution in [3.8, 4) is 11.3 Å². The normalized spacial score (nSPS) is 16.8. The number of anilines is 1. The molecule has 1 aromatic carbocycles. The van der Waals surface area contributed by atoms with Gasteiger partial charge in [-0.1, -0.05) is 53.5 Å². The smallest absolute Gasteiger partial charge is 0.0509 e. The lowest BCUT2D eigenvalue weighted by Crippen LogP contribution is -2.29. The van der Waals surface area contributed by atoms with Gasteiger partial charge in [-0.25, -0.2) is 4.72 Å². The number of nitrogens with zero attached hydrogens (tertiary/aromatic N) is 1. The highest BCUT2D eigenvalue weighted by Gasteiger charge is 2.21. The summed E-state index contributed by atoms with van der Waals surface area (Å²) in [5, 5.41) is 5.85. The van der Waals surface area contributed by atoms with E-state index in [1.165, 1.54) is 76.6 Å². The number of allylic oxidation sites excluding steroid dienone is 1. The Balaban J connectivity index is 0.00000153. The van der Waals surface area contributed by atoms with E-state index >= 15 is 0 Å². The molecule has 204 valence electrons. The SMILES string of the molecule is C=C/C(CC1CCCNCC1)=c1\c(=C)cc(-c2cc(C(C)(C)C)cc(NSNC)c2CC)n1C.C=CN. The van der Waals surface area contributed by atoms with Crippen LogP contribution in [0.25, 0.3) is 23.4 Å². The summed E-state index contributed by atoms with van der Waals surface area (Å²) < 4.78 is 9.02. The van der Waals surface area contributed by atoms with Crippen LogP contribution >= 0.6 is 12.1 Å². The number of rotatable bonds is 8. The van der Waals surface area contributed by atoms with Crippen molar-refractivity contribution in [1.82, 2.24) is 14.6 Å². The fourth-order valence-electron chi connectivity index (χ4n) is 5.14. The molecule has 5 nitrogen and oxygen atoms in total. The van der Waals surface area contributed by atoms with E-state index in [0.717, 1.165) is 31.1 Å². The van der Waals surface area contributed by atoms with Gasteiger partial charge in [-0.2, -0.15) is 0 Å². The summed E-state index contributed by atoms with van der Waals surface area (Å²) in [6.45, 7) is 23.1. The van der Waals surface area contributed by atoms with E-state index in [2.05, 4.69) is 104 Å². The van der Waals surface area contributed by atoms with Gasteiger partial charge in [-0.05, 0) is 110 Å². The largest absolute Gasteiger partial charge is 0.405 e. The van der Waals surface area contributed by atoms with Gasteiger partial charge >= 0.3 is 0 Å². The fraction of sp³-hybridized carbons (Fsp3) is 0.484. The highest BCUT2D eigenvalue weighted by atomic mass is 32.2. The molecule has 2 heterocycles. The lowest BCUT2D eigenvalue weighted by atomic mass is 9.83. The average Bonchev–Trinajstić information content (AvgIpc) is 3.01. The minimum atomic E-state index is 0.0506. The Kier molecular flexibility index (Phi) is 12.1. The van der Waals surface area contributed by atoms with Gasteiger partial charge < -0.3 is 20.3 Å². The van der Waals surface area contributed by atoms with Crippen LogP contribution in [0.15, 0.2) is 43.6 Å². The van der Waals surface area contributed by atoms with E-state index in [0.29, 0.717) is 5.92 Å². The molecule has 1 aliphatic heterocycles. The molecule has 1 fully saturated rings. The predicted molar refractivity (Wildman–Crippen MR) is 167 cm³/mol. The number of benzene rings is 1. The molecule has 6 heteroatoms. The Morgan fingerprint density at radius 1 is 1.22 bits per heavy atom. The minimum absolute atomic E-state index is 0.0506. The van der Waals surface area contributed by atoms with Gasteiger partial charge in [-0.3, -0.25) is 0 Å². The number of aromatic nitrogens is 1. The summed E-state index contributed by atoms with van der Waals surface area (Å²) in [5.41, 5.74) is 12.3. The summed E-state index contributed by atoms with van der Waals surface area (Å²) in [4.78, 5) is 0. The van der Waals surface area contributed by atoms with E-state index in [1.54, 1.807) is 0 Å². The molecule has 0 aliphatic carbocycles. The second kappa shape index (κ2) is 14.5. The molecule has 37 heavy (non-hydrogen) atoms. The third-order valence-corrected chi connectivity index (χ3v) is 7.60. The zero-order valence-corrected chi connectivity index (χ0v) is 24.8. The second-order valence-electron chi connectivity index (χ2n) is 10.7. The fourth-order valence-corrected chi connectivity index (χ4v) is 5.53. The molecule has 1 aliphatic rings. The summed E-state index contributed by atoms with van der Waals surface area (Å²) >= 11 is 1.51. The van der Waals surface area contributed by atoms with Gasteiger partial charge in [0.05, 0.1) is 5.35 Å². The molecule has 0 saturated carbocycles. The Morgan fingerprint density at radius 2 is 1.92 bits per heavy atom. The first-order chi connectivity index (χ1) is 17.6. The Morgan fingerprint density at radius 3 is 2.51 bits per heavy atom. The van der Waals surface area contributed by atoms with Gasteiger partial charge in [0.1, 0.15) is 0 Å².